The van der Waals surface area contributed by atoms with E-state index in [2.05, 4.69) is 46.3 Å². The van der Waals surface area contributed by atoms with E-state index < -0.39 is 0 Å². The molecule has 0 atom stereocenters. The van der Waals surface area contributed by atoms with E-state index in [4.69, 9.17) is 9.26 Å². The lowest BCUT2D eigenvalue weighted by Gasteiger charge is -2.30. The van der Waals surface area contributed by atoms with Gasteiger partial charge in [-0.15, -0.1) is 0 Å². The summed E-state index contributed by atoms with van der Waals surface area (Å²) in [6.07, 6.45) is 0.661. The number of amides is 1. The number of hydrogen-bond donors (Lipinski definition) is 1. The Labute approximate surface area is 182 Å². The van der Waals surface area contributed by atoms with Gasteiger partial charge in [-0.2, -0.15) is 4.98 Å². The lowest BCUT2D eigenvalue weighted by molar-refractivity contribution is -0.116. The highest BCUT2D eigenvalue weighted by Crippen LogP contribution is 2.26. The van der Waals surface area contributed by atoms with Crippen LogP contribution >= 0.6 is 0 Å². The highest BCUT2D eigenvalue weighted by molar-refractivity contribution is 5.94. The summed E-state index contributed by atoms with van der Waals surface area (Å²) in [6, 6.07) is 16.0. The summed E-state index contributed by atoms with van der Waals surface area (Å²) in [5, 5.41) is 7.08. The van der Waals surface area contributed by atoms with Crippen LogP contribution in [0, 0.1) is 0 Å². The Kier molecular flexibility index (Phi) is 6.62. The van der Waals surface area contributed by atoms with Crippen molar-refractivity contribution in [3.8, 4) is 11.4 Å². The molecule has 0 unspecified atom stereocenters. The minimum atomic E-state index is -0.0817. The van der Waals surface area contributed by atoms with Crippen molar-refractivity contribution in [2.24, 2.45) is 0 Å². The quantitative estimate of drug-likeness (QED) is 0.615. The van der Waals surface area contributed by atoms with Gasteiger partial charge in [-0.25, -0.2) is 0 Å². The van der Waals surface area contributed by atoms with Crippen molar-refractivity contribution >= 4 is 17.3 Å². The van der Waals surface area contributed by atoms with E-state index >= 15 is 0 Å². The lowest BCUT2D eigenvalue weighted by atomic mass is 10.0. The van der Waals surface area contributed by atoms with Gasteiger partial charge in [0.1, 0.15) is 0 Å². The first-order chi connectivity index (χ1) is 15.1. The van der Waals surface area contributed by atoms with Crippen LogP contribution in [0.5, 0.6) is 0 Å². The molecule has 0 radical (unpaired) electrons. The van der Waals surface area contributed by atoms with E-state index in [1.54, 1.807) is 0 Å². The smallest absolute Gasteiger partial charge is 0.227 e. The van der Waals surface area contributed by atoms with E-state index in [1.165, 1.54) is 5.56 Å². The van der Waals surface area contributed by atoms with Crippen LogP contribution in [-0.4, -0.2) is 42.4 Å². The Bertz CT molecular complexity index is 1010. The largest absolute Gasteiger partial charge is 0.378 e. The van der Waals surface area contributed by atoms with Crippen molar-refractivity contribution in [3.63, 3.8) is 0 Å². The molecule has 7 heteroatoms. The van der Waals surface area contributed by atoms with E-state index in [0.717, 1.165) is 30.0 Å². The number of benzene rings is 2. The third-order valence-electron chi connectivity index (χ3n) is 5.40. The van der Waals surface area contributed by atoms with Crippen LogP contribution in [0.1, 0.15) is 37.6 Å². The van der Waals surface area contributed by atoms with Gasteiger partial charge >= 0.3 is 0 Å². The summed E-state index contributed by atoms with van der Waals surface area (Å²) in [7, 11) is 0. The van der Waals surface area contributed by atoms with Crippen LogP contribution in [0.25, 0.3) is 11.4 Å². The Morgan fingerprint density at radius 2 is 1.84 bits per heavy atom. The molecule has 1 aliphatic rings. The zero-order valence-electron chi connectivity index (χ0n) is 18.0. The van der Waals surface area contributed by atoms with Crippen LogP contribution in [0.4, 0.5) is 11.4 Å². The molecule has 0 aliphatic carbocycles. The highest BCUT2D eigenvalue weighted by atomic mass is 16.5. The third kappa shape index (κ3) is 5.30. The molecular weight excluding hydrogens is 392 g/mol. The predicted molar refractivity (Wildman–Crippen MR) is 120 cm³/mol. The number of aromatic nitrogens is 2. The molecule has 3 aromatic rings. The van der Waals surface area contributed by atoms with Crippen LogP contribution < -0.4 is 10.2 Å². The fourth-order valence-corrected chi connectivity index (χ4v) is 3.58. The third-order valence-corrected chi connectivity index (χ3v) is 5.40. The molecule has 1 fully saturated rings. The van der Waals surface area contributed by atoms with Crippen LogP contribution in [0.15, 0.2) is 53.1 Å². The number of anilines is 2. The summed E-state index contributed by atoms with van der Waals surface area (Å²) in [5.74, 6) is 1.39. The van der Waals surface area contributed by atoms with Gasteiger partial charge in [0, 0.05) is 31.5 Å². The van der Waals surface area contributed by atoms with Gasteiger partial charge in [-0.05, 0) is 23.6 Å². The molecular formula is C24H28N4O3. The summed E-state index contributed by atoms with van der Waals surface area (Å²) in [6.45, 7) is 7.34. The first-order valence-electron chi connectivity index (χ1n) is 10.7. The van der Waals surface area contributed by atoms with Crippen molar-refractivity contribution in [2.45, 2.75) is 32.6 Å². The maximum absolute atomic E-state index is 12.6. The molecule has 2 aromatic carbocycles. The topological polar surface area (TPSA) is 80.5 Å². The number of nitrogens with zero attached hydrogens (tertiary/aromatic N) is 3. The minimum absolute atomic E-state index is 0.0817. The van der Waals surface area contributed by atoms with Crippen molar-refractivity contribution in [3.05, 3.63) is 60.0 Å². The minimum Gasteiger partial charge on any atom is -0.378 e. The zero-order valence-corrected chi connectivity index (χ0v) is 18.0. The molecule has 1 amide bonds. The molecule has 2 heterocycles. The number of carbonyl (C=O) groups is 1. The molecule has 1 N–H and O–H groups in total. The molecule has 162 valence electrons. The zero-order chi connectivity index (χ0) is 21.6. The molecule has 1 aliphatic heterocycles. The van der Waals surface area contributed by atoms with E-state index in [1.807, 2.05) is 36.4 Å². The molecule has 1 saturated heterocycles. The number of nitrogens with one attached hydrogen (secondary N) is 1. The fourth-order valence-electron chi connectivity index (χ4n) is 3.58. The van der Waals surface area contributed by atoms with Gasteiger partial charge < -0.3 is 19.5 Å². The van der Waals surface area contributed by atoms with Crippen LogP contribution in [-0.2, 0) is 16.0 Å². The van der Waals surface area contributed by atoms with Crippen LogP contribution in [0.3, 0.4) is 0 Å². The second-order valence-electron chi connectivity index (χ2n) is 7.95. The number of rotatable bonds is 7. The van der Waals surface area contributed by atoms with Gasteiger partial charge in [-0.3, -0.25) is 4.79 Å². The first-order valence-corrected chi connectivity index (χ1v) is 10.7. The predicted octanol–water partition coefficient (Wildman–Crippen LogP) is 4.27. The number of hydrogen-bond acceptors (Lipinski definition) is 6. The van der Waals surface area contributed by atoms with E-state index in [9.17, 15) is 4.79 Å². The van der Waals surface area contributed by atoms with Crippen LogP contribution in [0.2, 0.25) is 0 Å². The monoisotopic (exact) mass is 420 g/mol. The molecule has 0 bridgehead atoms. The van der Waals surface area contributed by atoms with Gasteiger partial charge in [0.15, 0.2) is 0 Å². The van der Waals surface area contributed by atoms with Crippen molar-refractivity contribution in [1.82, 2.24) is 10.1 Å². The first kappa shape index (κ1) is 21.1. The fraction of sp³-hybridized carbons (Fsp3) is 0.375. The number of para-hydroxylation sites is 2. The molecule has 1 aromatic heterocycles. The molecule has 0 spiro atoms. The van der Waals surface area contributed by atoms with Crippen molar-refractivity contribution in [2.75, 3.05) is 36.5 Å². The Hall–Kier alpha value is -3.19. The van der Waals surface area contributed by atoms with E-state index in [-0.39, 0.29) is 12.3 Å². The number of morpholine rings is 1. The lowest BCUT2D eigenvalue weighted by Crippen LogP contribution is -2.36. The second-order valence-corrected chi connectivity index (χ2v) is 7.95. The molecule has 4 rings (SSSR count). The Balaban J connectivity index is 1.35. The number of aryl methyl sites for hydroxylation is 1. The molecule has 0 saturated carbocycles. The van der Waals surface area contributed by atoms with E-state index in [0.29, 0.717) is 37.3 Å². The highest BCUT2D eigenvalue weighted by Gasteiger charge is 2.16. The second kappa shape index (κ2) is 9.75. The average Bonchev–Trinajstić information content (AvgIpc) is 3.28. The summed E-state index contributed by atoms with van der Waals surface area (Å²) in [4.78, 5) is 19.2. The van der Waals surface area contributed by atoms with Crippen molar-refractivity contribution < 1.29 is 14.1 Å². The standard InChI is InChI=1S/C24H28N4O3/c1-17(2)18-7-9-19(10-8-18)24-26-23(31-27-24)12-11-22(29)25-20-5-3-4-6-21(20)28-13-15-30-16-14-28/h3-10,17H,11-16H2,1-2H3,(H,25,29). The summed E-state index contributed by atoms with van der Waals surface area (Å²) in [5.41, 5.74) is 4.00. The average molecular weight is 421 g/mol. The molecule has 31 heavy (non-hydrogen) atoms. The molecule has 7 nitrogen and oxygen atoms in total. The van der Waals surface area contributed by atoms with Gasteiger partial charge in [-0.1, -0.05) is 55.4 Å². The normalized spacial score (nSPS) is 14.1. The summed E-state index contributed by atoms with van der Waals surface area (Å²) < 4.78 is 10.8. The Morgan fingerprint density at radius 1 is 1.10 bits per heavy atom. The van der Waals surface area contributed by atoms with Gasteiger partial charge in [0.25, 0.3) is 0 Å². The number of carbonyl (C=O) groups excluding carboxylic acids is 1. The van der Waals surface area contributed by atoms with Crippen molar-refractivity contribution in [1.29, 1.82) is 0 Å². The number of ether oxygens (including phenoxy) is 1. The maximum Gasteiger partial charge on any atom is 0.227 e. The maximum atomic E-state index is 12.6. The SMILES string of the molecule is CC(C)c1ccc(-c2noc(CCC(=O)Nc3ccccc3N3CCOCC3)n2)cc1. The summed E-state index contributed by atoms with van der Waals surface area (Å²) >= 11 is 0. The van der Waals surface area contributed by atoms with Gasteiger partial charge in [0.05, 0.1) is 24.6 Å². The van der Waals surface area contributed by atoms with Gasteiger partial charge in [0.2, 0.25) is 17.6 Å². The Morgan fingerprint density at radius 3 is 2.58 bits per heavy atom.